The second-order valence-electron chi connectivity index (χ2n) is 2.94. The van der Waals surface area contributed by atoms with Gasteiger partial charge in [-0.15, -0.1) is 0 Å². The number of carbonyl (C=O) groups excluding carboxylic acids is 1. The minimum absolute atomic E-state index is 0.00588. The molecule has 4 nitrogen and oxygen atoms in total. The molecular formula is C13H21NO3. The maximum absolute atomic E-state index is 10.7. The number of hydrogen-bond donors (Lipinski definition) is 2. The molecular weight excluding hydrogens is 218 g/mol. The summed E-state index contributed by atoms with van der Waals surface area (Å²) in [5.41, 5.74) is 1.13. The topological polar surface area (TPSA) is 66.4 Å². The normalized spacial score (nSPS) is 9.65. The first-order valence-corrected chi connectivity index (χ1v) is 5.51. The molecule has 2 N–H and O–H groups in total. The highest BCUT2D eigenvalue weighted by Crippen LogP contribution is 2.10. The van der Waals surface area contributed by atoms with E-state index in [2.05, 4.69) is 5.32 Å². The van der Waals surface area contributed by atoms with Crippen LogP contribution in [0.5, 0.6) is 0 Å². The van der Waals surface area contributed by atoms with E-state index in [4.69, 9.17) is 9.90 Å². The van der Waals surface area contributed by atoms with Gasteiger partial charge in [0.05, 0.1) is 6.04 Å². The maximum Gasteiger partial charge on any atom is 0.290 e. The molecule has 1 aromatic carbocycles. The van der Waals surface area contributed by atoms with Crippen LogP contribution in [0.2, 0.25) is 0 Å². The van der Waals surface area contributed by atoms with Gasteiger partial charge in [-0.1, -0.05) is 44.2 Å². The third kappa shape index (κ3) is 10.4. The van der Waals surface area contributed by atoms with Crippen LogP contribution >= 0.6 is 0 Å². The Morgan fingerprint density at radius 2 is 1.71 bits per heavy atom. The predicted octanol–water partition coefficient (Wildman–Crippen LogP) is 2.61. The van der Waals surface area contributed by atoms with Crippen LogP contribution in [0.1, 0.15) is 39.3 Å². The average Bonchev–Trinajstić information content (AvgIpc) is 2.33. The Labute approximate surface area is 103 Å². The molecule has 0 heterocycles. The van der Waals surface area contributed by atoms with E-state index in [0.717, 1.165) is 5.56 Å². The van der Waals surface area contributed by atoms with Crippen molar-refractivity contribution in [2.24, 2.45) is 0 Å². The summed E-state index contributed by atoms with van der Waals surface area (Å²) in [5, 5.41) is 9.71. The summed E-state index contributed by atoms with van der Waals surface area (Å²) in [6, 6.07) is 10.00. The van der Waals surface area contributed by atoms with Crippen molar-refractivity contribution in [1.82, 2.24) is 5.32 Å². The zero-order valence-electron chi connectivity index (χ0n) is 10.8. The monoisotopic (exact) mass is 239 g/mol. The van der Waals surface area contributed by atoms with Crippen LogP contribution in [0, 0.1) is 0 Å². The van der Waals surface area contributed by atoms with Crippen LogP contribution in [0.15, 0.2) is 30.3 Å². The zero-order chi connectivity index (χ0) is 13.7. The number of carboxylic acid groups (broad SMARTS) is 1. The van der Waals surface area contributed by atoms with Crippen molar-refractivity contribution in [3.05, 3.63) is 35.9 Å². The fourth-order valence-electron chi connectivity index (χ4n) is 1.13. The third-order valence-electron chi connectivity index (χ3n) is 1.72. The molecule has 1 unspecified atom stereocenters. The lowest BCUT2D eigenvalue weighted by atomic mass is 10.1. The molecule has 0 saturated heterocycles. The van der Waals surface area contributed by atoms with E-state index in [1.165, 1.54) is 6.92 Å². The molecule has 17 heavy (non-hydrogen) atoms. The van der Waals surface area contributed by atoms with Gasteiger partial charge in [0.1, 0.15) is 0 Å². The minimum Gasteiger partial charge on any atom is -0.483 e. The fourth-order valence-corrected chi connectivity index (χ4v) is 1.13. The number of carbonyl (C=O) groups is 2. The largest absolute Gasteiger partial charge is 0.483 e. The van der Waals surface area contributed by atoms with Gasteiger partial charge in [0, 0.05) is 6.92 Å². The standard InChI is InChI=1S/C10H13NO.C2H6.CH2O2/c1-8(11-9(2)12)10-6-4-3-5-7-10;1-2;2-1-3/h3-8H,1-2H3,(H,11,12);1-2H3;1H,(H,2,3). The van der Waals surface area contributed by atoms with Crippen molar-refractivity contribution in [3.63, 3.8) is 0 Å². The Bertz CT molecular complexity index is 299. The average molecular weight is 239 g/mol. The Morgan fingerprint density at radius 3 is 2.06 bits per heavy atom. The summed E-state index contributed by atoms with van der Waals surface area (Å²) in [7, 11) is 0. The highest BCUT2D eigenvalue weighted by Gasteiger charge is 2.03. The van der Waals surface area contributed by atoms with Crippen molar-refractivity contribution < 1.29 is 14.7 Å². The second-order valence-corrected chi connectivity index (χ2v) is 2.94. The molecule has 4 heteroatoms. The fraction of sp³-hybridized carbons (Fsp3) is 0.385. The Balaban J connectivity index is 0. The van der Waals surface area contributed by atoms with Gasteiger partial charge < -0.3 is 10.4 Å². The van der Waals surface area contributed by atoms with E-state index in [1.807, 2.05) is 51.1 Å². The quantitative estimate of drug-likeness (QED) is 0.779. The summed E-state index contributed by atoms with van der Waals surface area (Å²) in [6.07, 6.45) is 0. The Kier molecular flexibility index (Phi) is 12.6. The molecule has 0 spiro atoms. The number of amides is 1. The number of rotatable bonds is 2. The lowest BCUT2D eigenvalue weighted by Crippen LogP contribution is -2.23. The van der Waals surface area contributed by atoms with E-state index in [1.54, 1.807) is 0 Å². The SMILES string of the molecule is CC.CC(=O)NC(C)c1ccccc1.O=CO. The first kappa shape index (κ1) is 17.6. The molecule has 0 radical (unpaired) electrons. The lowest BCUT2D eigenvalue weighted by Gasteiger charge is -2.11. The lowest BCUT2D eigenvalue weighted by molar-refractivity contribution is -0.123. The number of nitrogens with one attached hydrogen (secondary N) is 1. The van der Waals surface area contributed by atoms with E-state index >= 15 is 0 Å². The van der Waals surface area contributed by atoms with Crippen LogP contribution in [-0.2, 0) is 9.59 Å². The molecule has 1 rings (SSSR count). The van der Waals surface area contributed by atoms with Gasteiger partial charge in [0.2, 0.25) is 5.91 Å². The minimum atomic E-state index is -0.250. The highest BCUT2D eigenvalue weighted by molar-refractivity contribution is 5.73. The molecule has 0 aromatic heterocycles. The van der Waals surface area contributed by atoms with Crippen LogP contribution in [0.3, 0.4) is 0 Å². The number of hydrogen-bond acceptors (Lipinski definition) is 2. The molecule has 0 aliphatic carbocycles. The van der Waals surface area contributed by atoms with Gasteiger partial charge in [0.25, 0.3) is 6.47 Å². The molecule has 1 amide bonds. The molecule has 96 valence electrons. The first-order valence-electron chi connectivity index (χ1n) is 5.51. The summed E-state index contributed by atoms with van der Waals surface area (Å²) in [6.45, 7) is 7.25. The maximum atomic E-state index is 10.7. The number of benzene rings is 1. The van der Waals surface area contributed by atoms with Gasteiger partial charge in [-0.3, -0.25) is 9.59 Å². The zero-order valence-corrected chi connectivity index (χ0v) is 10.8. The Morgan fingerprint density at radius 1 is 1.29 bits per heavy atom. The van der Waals surface area contributed by atoms with Gasteiger partial charge in [-0.25, -0.2) is 0 Å². The third-order valence-corrected chi connectivity index (χ3v) is 1.72. The van der Waals surface area contributed by atoms with Crippen molar-refractivity contribution in [1.29, 1.82) is 0 Å². The van der Waals surface area contributed by atoms with Crippen molar-refractivity contribution >= 4 is 12.4 Å². The van der Waals surface area contributed by atoms with Gasteiger partial charge in [-0.05, 0) is 12.5 Å². The van der Waals surface area contributed by atoms with Crippen molar-refractivity contribution in [2.45, 2.75) is 33.7 Å². The smallest absolute Gasteiger partial charge is 0.290 e. The van der Waals surface area contributed by atoms with E-state index in [-0.39, 0.29) is 18.4 Å². The van der Waals surface area contributed by atoms with E-state index in [0.29, 0.717) is 0 Å². The molecule has 0 aliphatic heterocycles. The van der Waals surface area contributed by atoms with E-state index < -0.39 is 0 Å². The van der Waals surface area contributed by atoms with Crippen LogP contribution in [0.4, 0.5) is 0 Å². The molecule has 1 aromatic rings. The summed E-state index contributed by atoms with van der Waals surface area (Å²) < 4.78 is 0. The van der Waals surface area contributed by atoms with Crippen LogP contribution < -0.4 is 5.32 Å². The summed E-state index contributed by atoms with van der Waals surface area (Å²) in [4.78, 5) is 19.1. The van der Waals surface area contributed by atoms with E-state index in [9.17, 15) is 4.79 Å². The van der Waals surface area contributed by atoms with Crippen molar-refractivity contribution in [2.75, 3.05) is 0 Å². The van der Waals surface area contributed by atoms with Crippen molar-refractivity contribution in [3.8, 4) is 0 Å². The highest BCUT2D eigenvalue weighted by atomic mass is 16.3. The first-order chi connectivity index (χ1) is 8.11. The van der Waals surface area contributed by atoms with Crippen LogP contribution in [-0.4, -0.2) is 17.5 Å². The molecule has 0 saturated carbocycles. The molecule has 0 fully saturated rings. The van der Waals surface area contributed by atoms with Gasteiger partial charge >= 0.3 is 0 Å². The summed E-state index contributed by atoms with van der Waals surface area (Å²) >= 11 is 0. The van der Waals surface area contributed by atoms with Crippen LogP contribution in [0.25, 0.3) is 0 Å². The Hall–Kier alpha value is -1.84. The molecule has 1 atom stereocenters. The van der Waals surface area contributed by atoms with Gasteiger partial charge in [-0.2, -0.15) is 0 Å². The molecule has 0 aliphatic rings. The second kappa shape index (κ2) is 12.2. The summed E-state index contributed by atoms with van der Waals surface area (Å²) in [5.74, 6) is 0.00588. The predicted molar refractivity (Wildman–Crippen MR) is 68.7 cm³/mol. The molecule has 0 bridgehead atoms. The van der Waals surface area contributed by atoms with Gasteiger partial charge in [0.15, 0.2) is 0 Å².